The molecule has 4 nitrogen and oxygen atoms in total. The van der Waals surface area contributed by atoms with Crippen molar-refractivity contribution >= 4 is 10.8 Å². The molecule has 2 rings (SSSR count). The van der Waals surface area contributed by atoms with Crippen LogP contribution in [0.1, 0.15) is 6.42 Å². The van der Waals surface area contributed by atoms with Crippen LogP contribution in [0.15, 0.2) is 0 Å². The maximum absolute atomic E-state index is 11.3. The van der Waals surface area contributed by atoms with Crippen LogP contribution in [-0.2, 0) is 15.5 Å². The average molecular weight is 232 g/mol. The Hall–Kier alpha value is 0.0300. The third-order valence-electron chi connectivity index (χ3n) is 3.43. The molecule has 2 fully saturated rings. The van der Waals surface area contributed by atoms with Crippen LogP contribution in [0.25, 0.3) is 0 Å². The number of ether oxygens (including phenoxy) is 1. The predicted molar refractivity (Wildman–Crippen MR) is 61.2 cm³/mol. The van der Waals surface area contributed by atoms with Crippen LogP contribution in [0.5, 0.6) is 0 Å². The molecule has 0 aromatic heterocycles. The van der Waals surface area contributed by atoms with Crippen molar-refractivity contribution in [3.8, 4) is 0 Å². The van der Waals surface area contributed by atoms with Crippen molar-refractivity contribution in [1.82, 2.24) is 4.90 Å². The first-order valence-electron chi connectivity index (χ1n) is 5.68. The summed E-state index contributed by atoms with van der Waals surface area (Å²) in [4.78, 5) is 2.40. The average Bonchev–Trinajstić information content (AvgIpc) is 2.75. The van der Waals surface area contributed by atoms with Crippen molar-refractivity contribution in [2.24, 2.45) is 11.7 Å². The van der Waals surface area contributed by atoms with Crippen LogP contribution in [0.3, 0.4) is 0 Å². The van der Waals surface area contributed by atoms with E-state index in [-0.39, 0.29) is 0 Å². The summed E-state index contributed by atoms with van der Waals surface area (Å²) in [5, 5.41) is 0. The largest absolute Gasteiger partial charge is 0.381 e. The Balaban J connectivity index is 1.90. The van der Waals surface area contributed by atoms with Gasteiger partial charge in [-0.15, -0.1) is 0 Å². The van der Waals surface area contributed by atoms with E-state index in [1.54, 1.807) is 0 Å². The second kappa shape index (κ2) is 5.39. The number of nitrogens with two attached hydrogens (primary N) is 1. The maximum atomic E-state index is 11.3. The Labute approximate surface area is 93.6 Å². The number of nitrogens with zero attached hydrogens (tertiary/aromatic N) is 1. The van der Waals surface area contributed by atoms with Gasteiger partial charge in [0.25, 0.3) is 0 Å². The Morgan fingerprint density at radius 1 is 1.47 bits per heavy atom. The highest BCUT2D eigenvalue weighted by Crippen LogP contribution is 2.21. The standard InChI is InChI=1S/C10H20N2O2S/c11-7-10(9-1-4-14-8-9)12-2-5-15(13)6-3-12/h9-10H,1-8,11H2. The first-order valence-corrected chi connectivity index (χ1v) is 7.17. The van der Waals surface area contributed by atoms with Crippen molar-refractivity contribution in [2.75, 3.05) is 44.4 Å². The van der Waals surface area contributed by atoms with E-state index in [4.69, 9.17) is 10.5 Å². The minimum Gasteiger partial charge on any atom is -0.381 e. The van der Waals surface area contributed by atoms with Gasteiger partial charge in [0, 0.05) is 60.5 Å². The van der Waals surface area contributed by atoms with Gasteiger partial charge in [0.15, 0.2) is 0 Å². The zero-order valence-electron chi connectivity index (χ0n) is 9.06. The lowest BCUT2D eigenvalue weighted by Gasteiger charge is -2.36. The lowest BCUT2D eigenvalue weighted by Crippen LogP contribution is -2.51. The molecule has 2 N–H and O–H groups in total. The molecule has 0 aromatic carbocycles. The van der Waals surface area contributed by atoms with Gasteiger partial charge in [0.1, 0.15) is 0 Å². The molecule has 2 aliphatic heterocycles. The molecule has 0 saturated carbocycles. The predicted octanol–water partition coefficient (Wildman–Crippen LogP) is -0.585. The SMILES string of the molecule is NCC(C1CCOC1)N1CCS(=O)CC1. The fourth-order valence-electron chi connectivity index (χ4n) is 2.48. The molecule has 0 aromatic rings. The summed E-state index contributed by atoms with van der Waals surface area (Å²) in [6.07, 6.45) is 1.13. The fourth-order valence-corrected chi connectivity index (χ4v) is 3.56. The molecule has 5 heteroatoms. The quantitative estimate of drug-likeness (QED) is 0.707. The highest BCUT2D eigenvalue weighted by atomic mass is 32.2. The Bertz CT molecular complexity index is 221. The van der Waals surface area contributed by atoms with Gasteiger partial charge in [-0.3, -0.25) is 9.11 Å². The summed E-state index contributed by atoms with van der Waals surface area (Å²) in [5.41, 5.74) is 5.84. The summed E-state index contributed by atoms with van der Waals surface area (Å²) in [7, 11) is -0.595. The van der Waals surface area contributed by atoms with E-state index in [2.05, 4.69) is 4.90 Å². The van der Waals surface area contributed by atoms with Gasteiger partial charge in [-0.25, -0.2) is 0 Å². The van der Waals surface area contributed by atoms with E-state index in [0.29, 0.717) is 18.5 Å². The van der Waals surface area contributed by atoms with Crippen molar-refractivity contribution in [2.45, 2.75) is 12.5 Å². The van der Waals surface area contributed by atoms with E-state index < -0.39 is 10.8 Å². The van der Waals surface area contributed by atoms with Gasteiger partial charge in [-0.05, 0) is 6.42 Å². The molecule has 2 atom stereocenters. The highest BCUT2D eigenvalue weighted by Gasteiger charge is 2.31. The van der Waals surface area contributed by atoms with Crippen LogP contribution < -0.4 is 5.73 Å². The lowest BCUT2D eigenvalue weighted by atomic mass is 9.97. The molecule has 0 aliphatic carbocycles. The number of hydrogen-bond donors (Lipinski definition) is 1. The van der Waals surface area contributed by atoms with Crippen LogP contribution in [0, 0.1) is 5.92 Å². The Morgan fingerprint density at radius 3 is 2.73 bits per heavy atom. The molecule has 2 unspecified atom stereocenters. The summed E-state index contributed by atoms with van der Waals surface area (Å²) in [6.45, 7) is 4.29. The van der Waals surface area contributed by atoms with Crippen LogP contribution in [0.2, 0.25) is 0 Å². The van der Waals surface area contributed by atoms with Gasteiger partial charge in [0.2, 0.25) is 0 Å². The molecular weight excluding hydrogens is 212 g/mol. The van der Waals surface area contributed by atoms with Crippen LogP contribution in [-0.4, -0.2) is 59.5 Å². The molecular formula is C10H20N2O2S. The molecule has 0 bridgehead atoms. The number of hydrogen-bond acceptors (Lipinski definition) is 4. The third kappa shape index (κ3) is 2.78. The summed E-state index contributed by atoms with van der Waals surface area (Å²) >= 11 is 0. The molecule has 0 radical (unpaired) electrons. The molecule has 2 heterocycles. The van der Waals surface area contributed by atoms with E-state index in [9.17, 15) is 4.21 Å². The second-order valence-corrected chi connectivity index (χ2v) is 6.01. The van der Waals surface area contributed by atoms with Crippen molar-refractivity contribution in [1.29, 1.82) is 0 Å². The molecule has 2 saturated heterocycles. The Morgan fingerprint density at radius 2 is 2.20 bits per heavy atom. The number of rotatable bonds is 3. The van der Waals surface area contributed by atoms with E-state index >= 15 is 0 Å². The van der Waals surface area contributed by atoms with E-state index in [0.717, 1.165) is 44.2 Å². The molecule has 88 valence electrons. The molecule has 15 heavy (non-hydrogen) atoms. The van der Waals surface area contributed by atoms with Gasteiger partial charge in [0.05, 0.1) is 6.61 Å². The summed E-state index contributed by atoms with van der Waals surface area (Å²) in [6, 6.07) is 0.435. The molecule has 0 amide bonds. The first-order chi connectivity index (χ1) is 7.31. The molecule has 0 spiro atoms. The minimum absolute atomic E-state index is 0.435. The maximum Gasteiger partial charge on any atom is 0.0510 e. The van der Waals surface area contributed by atoms with Gasteiger partial charge in [-0.1, -0.05) is 0 Å². The normalized spacial score (nSPS) is 31.9. The smallest absolute Gasteiger partial charge is 0.0510 e. The zero-order chi connectivity index (χ0) is 10.7. The van der Waals surface area contributed by atoms with Crippen LogP contribution >= 0.6 is 0 Å². The van der Waals surface area contributed by atoms with Gasteiger partial charge in [-0.2, -0.15) is 0 Å². The monoisotopic (exact) mass is 232 g/mol. The fraction of sp³-hybridized carbons (Fsp3) is 1.00. The third-order valence-corrected chi connectivity index (χ3v) is 4.71. The van der Waals surface area contributed by atoms with E-state index in [1.807, 2.05) is 0 Å². The summed E-state index contributed by atoms with van der Waals surface area (Å²) in [5.74, 6) is 2.20. The lowest BCUT2D eigenvalue weighted by molar-refractivity contribution is 0.129. The van der Waals surface area contributed by atoms with Crippen molar-refractivity contribution in [3.63, 3.8) is 0 Å². The second-order valence-electron chi connectivity index (χ2n) is 4.31. The topological polar surface area (TPSA) is 55.6 Å². The van der Waals surface area contributed by atoms with Crippen LogP contribution in [0.4, 0.5) is 0 Å². The van der Waals surface area contributed by atoms with E-state index in [1.165, 1.54) is 0 Å². The van der Waals surface area contributed by atoms with Gasteiger partial charge >= 0.3 is 0 Å². The zero-order valence-corrected chi connectivity index (χ0v) is 9.88. The van der Waals surface area contributed by atoms with Gasteiger partial charge < -0.3 is 10.5 Å². The summed E-state index contributed by atoms with van der Waals surface area (Å²) < 4.78 is 16.7. The van der Waals surface area contributed by atoms with Crippen molar-refractivity contribution < 1.29 is 8.95 Å². The minimum atomic E-state index is -0.595. The molecule has 2 aliphatic rings. The first kappa shape index (κ1) is 11.5. The highest BCUT2D eigenvalue weighted by molar-refractivity contribution is 7.85. The van der Waals surface area contributed by atoms with Crippen molar-refractivity contribution in [3.05, 3.63) is 0 Å². The Kier molecular flexibility index (Phi) is 4.13.